The van der Waals surface area contributed by atoms with Crippen LogP contribution in [0.4, 0.5) is 0 Å². The maximum Gasteiger partial charge on any atom is 0.242 e. The van der Waals surface area contributed by atoms with Gasteiger partial charge < -0.3 is 21.3 Å². The molecule has 212 valence electrons. The van der Waals surface area contributed by atoms with Crippen LogP contribution in [0, 0.1) is 28.6 Å². The van der Waals surface area contributed by atoms with Crippen molar-refractivity contribution in [1.82, 2.24) is 15.5 Å². The largest absolute Gasteiger partial charge is 0.370 e. The van der Waals surface area contributed by atoms with Crippen LogP contribution in [0.15, 0.2) is 53.0 Å². The van der Waals surface area contributed by atoms with Gasteiger partial charge in [0.15, 0.2) is 5.96 Å². The van der Waals surface area contributed by atoms with E-state index in [1.807, 2.05) is 41.3 Å². The zero-order valence-electron chi connectivity index (χ0n) is 22.9. The number of guanidine groups is 1. The standard InChI is InChI=1S/C31H39BrN6O2/c32-26-8-4-7-25(18-26)27(17-21-9-11-22(19-33)12-10-21)29(39)37-28(24-5-2-1-3-6-24)30(40)36-20-23-13-15-38(16-14-23)31(34)35/h4,7-12,18,23-24,27-28H,1-3,5-6,13-17,20H2,(H3,34,35)(H,36,40)(H,37,39)/t27?,28-/m0/s1. The van der Waals surface area contributed by atoms with Gasteiger partial charge in [0.05, 0.1) is 17.6 Å². The van der Waals surface area contributed by atoms with Crippen molar-refractivity contribution in [3.05, 3.63) is 69.7 Å². The molecule has 0 bridgehead atoms. The highest BCUT2D eigenvalue weighted by Crippen LogP contribution is 2.29. The lowest BCUT2D eigenvalue weighted by atomic mass is 9.82. The lowest BCUT2D eigenvalue weighted by molar-refractivity contribution is -0.131. The maximum atomic E-state index is 13.9. The molecule has 2 aromatic carbocycles. The first-order chi connectivity index (χ1) is 19.3. The first-order valence-corrected chi connectivity index (χ1v) is 15.0. The quantitative estimate of drug-likeness (QED) is 0.247. The number of piperidine rings is 1. The number of carbonyl (C=O) groups excluding carboxylic acids is 2. The van der Waals surface area contributed by atoms with E-state index in [9.17, 15) is 9.59 Å². The second-order valence-electron chi connectivity index (χ2n) is 11.1. The van der Waals surface area contributed by atoms with Gasteiger partial charge in [-0.2, -0.15) is 5.26 Å². The van der Waals surface area contributed by atoms with Gasteiger partial charge in [0.25, 0.3) is 0 Å². The summed E-state index contributed by atoms with van der Waals surface area (Å²) in [5, 5.41) is 23.1. The SMILES string of the molecule is N#Cc1ccc(CC(C(=O)N[C@H](C(=O)NCC2CCN(C(=N)N)CC2)C2CCCCC2)c2cccc(Br)c2)cc1. The molecule has 1 aliphatic carbocycles. The zero-order valence-corrected chi connectivity index (χ0v) is 24.5. The highest BCUT2D eigenvalue weighted by Gasteiger charge is 2.34. The van der Waals surface area contributed by atoms with Crippen LogP contribution >= 0.6 is 15.9 Å². The molecular weight excluding hydrogens is 568 g/mol. The molecule has 0 spiro atoms. The van der Waals surface area contributed by atoms with Crippen molar-refractivity contribution in [3.8, 4) is 6.07 Å². The number of nitrogens with one attached hydrogen (secondary N) is 3. The Hall–Kier alpha value is -3.38. The maximum absolute atomic E-state index is 13.9. The number of likely N-dealkylation sites (tertiary alicyclic amines) is 1. The number of rotatable bonds is 9. The molecule has 2 amide bonds. The zero-order chi connectivity index (χ0) is 28.5. The fraction of sp³-hybridized carbons (Fsp3) is 0.484. The van der Waals surface area contributed by atoms with Crippen molar-refractivity contribution in [2.45, 2.75) is 63.3 Å². The average molecular weight is 608 g/mol. The smallest absolute Gasteiger partial charge is 0.242 e. The third-order valence-corrected chi connectivity index (χ3v) is 8.81. The van der Waals surface area contributed by atoms with Gasteiger partial charge in [0.2, 0.25) is 11.8 Å². The molecule has 0 radical (unpaired) electrons. The molecule has 1 heterocycles. The highest BCUT2D eigenvalue weighted by molar-refractivity contribution is 9.10. The molecular formula is C31H39BrN6O2. The summed E-state index contributed by atoms with van der Waals surface area (Å²) in [5.41, 5.74) is 8.03. The molecule has 4 rings (SSSR count). The number of nitriles is 1. The summed E-state index contributed by atoms with van der Waals surface area (Å²) < 4.78 is 0.889. The molecule has 1 saturated heterocycles. The van der Waals surface area contributed by atoms with Gasteiger partial charge in [0.1, 0.15) is 6.04 Å². The number of hydrogen-bond donors (Lipinski definition) is 4. The minimum atomic E-state index is -0.583. The van der Waals surface area contributed by atoms with E-state index in [1.165, 1.54) is 0 Å². The lowest BCUT2D eigenvalue weighted by Crippen LogP contribution is -2.53. The first-order valence-electron chi connectivity index (χ1n) is 14.3. The van der Waals surface area contributed by atoms with Gasteiger partial charge in [-0.3, -0.25) is 15.0 Å². The highest BCUT2D eigenvalue weighted by atomic mass is 79.9. The Labute approximate surface area is 245 Å². The number of amides is 2. The summed E-state index contributed by atoms with van der Waals surface area (Å²) in [6.45, 7) is 2.01. The predicted octanol–water partition coefficient (Wildman–Crippen LogP) is 4.43. The van der Waals surface area contributed by atoms with Crippen molar-refractivity contribution < 1.29 is 9.59 Å². The molecule has 2 aromatic rings. The van der Waals surface area contributed by atoms with Gasteiger partial charge in [-0.25, -0.2) is 0 Å². The summed E-state index contributed by atoms with van der Waals surface area (Å²) >= 11 is 3.54. The van der Waals surface area contributed by atoms with Gasteiger partial charge in [0, 0.05) is 24.1 Å². The Bertz CT molecular complexity index is 1210. The number of halogens is 1. The molecule has 2 aliphatic rings. The number of carbonyl (C=O) groups is 2. The van der Waals surface area contributed by atoms with E-state index >= 15 is 0 Å². The number of nitrogens with zero attached hydrogens (tertiary/aromatic N) is 2. The van der Waals surface area contributed by atoms with Crippen LogP contribution in [0.2, 0.25) is 0 Å². The second kappa shape index (κ2) is 14.3. The first kappa shape index (κ1) is 29.6. The van der Waals surface area contributed by atoms with Crippen LogP contribution in [0.5, 0.6) is 0 Å². The Morgan fingerprint density at radius 1 is 1.05 bits per heavy atom. The minimum absolute atomic E-state index is 0.101. The van der Waals surface area contributed by atoms with Gasteiger partial charge in [-0.15, -0.1) is 0 Å². The van der Waals surface area contributed by atoms with E-state index in [1.54, 1.807) is 12.1 Å². The van der Waals surface area contributed by atoms with Gasteiger partial charge >= 0.3 is 0 Å². The normalized spacial score (nSPS) is 17.9. The fourth-order valence-corrected chi connectivity index (χ4v) is 6.30. The third kappa shape index (κ3) is 8.07. The summed E-state index contributed by atoms with van der Waals surface area (Å²) in [5.74, 6) is -0.226. The van der Waals surface area contributed by atoms with Crippen LogP contribution < -0.4 is 16.4 Å². The van der Waals surface area contributed by atoms with Crippen molar-refractivity contribution >= 4 is 33.7 Å². The van der Waals surface area contributed by atoms with Crippen molar-refractivity contribution in [2.75, 3.05) is 19.6 Å². The molecule has 0 aromatic heterocycles. The second-order valence-corrected chi connectivity index (χ2v) is 12.0. The topological polar surface area (TPSA) is 135 Å². The van der Waals surface area contributed by atoms with E-state index in [4.69, 9.17) is 16.4 Å². The molecule has 5 N–H and O–H groups in total. The van der Waals surface area contributed by atoms with Gasteiger partial charge in [-0.05, 0) is 79.3 Å². The number of hydrogen-bond acceptors (Lipinski definition) is 4. The number of benzene rings is 2. The summed E-state index contributed by atoms with van der Waals surface area (Å²) in [4.78, 5) is 29.4. The summed E-state index contributed by atoms with van der Waals surface area (Å²) in [7, 11) is 0. The van der Waals surface area contributed by atoms with Crippen LogP contribution in [-0.4, -0.2) is 48.3 Å². The number of nitrogens with two attached hydrogens (primary N) is 1. The molecule has 9 heteroatoms. The van der Waals surface area contributed by atoms with E-state index in [2.05, 4.69) is 32.6 Å². The van der Waals surface area contributed by atoms with E-state index in [-0.39, 0.29) is 23.7 Å². The third-order valence-electron chi connectivity index (χ3n) is 8.31. The van der Waals surface area contributed by atoms with Crippen LogP contribution in [0.3, 0.4) is 0 Å². The molecule has 2 atom stereocenters. The summed E-state index contributed by atoms with van der Waals surface area (Å²) in [6, 6.07) is 16.6. The van der Waals surface area contributed by atoms with E-state index in [0.717, 1.165) is 73.6 Å². The minimum Gasteiger partial charge on any atom is -0.370 e. The molecule has 2 fully saturated rings. The Morgan fingerprint density at radius 2 is 1.75 bits per heavy atom. The van der Waals surface area contributed by atoms with Crippen LogP contribution in [0.25, 0.3) is 0 Å². The lowest BCUT2D eigenvalue weighted by Gasteiger charge is -2.34. The Kier molecular flexibility index (Phi) is 10.6. The molecule has 1 aliphatic heterocycles. The van der Waals surface area contributed by atoms with E-state index < -0.39 is 12.0 Å². The molecule has 40 heavy (non-hydrogen) atoms. The van der Waals surface area contributed by atoms with Gasteiger partial charge in [-0.1, -0.05) is 59.5 Å². The average Bonchev–Trinajstić information content (AvgIpc) is 2.98. The van der Waals surface area contributed by atoms with Crippen LogP contribution in [0.1, 0.15) is 67.6 Å². The van der Waals surface area contributed by atoms with Crippen molar-refractivity contribution in [2.24, 2.45) is 17.6 Å². The molecule has 1 saturated carbocycles. The fourth-order valence-electron chi connectivity index (χ4n) is 5.89. The Balaban J connectivity index is 1.49. The van der Waals surface area contributed by atoms with Crippen molar-refractivity contribution in [1.29, 1.82) is 10.7 Å². The molecule has 1 unspecified atom stereocenters. The summed E-state index contributed by atoms with van der Waals surface area (Å²) in [6.07, 6.45) is 7.33. The van der Waals surface area contributed by atoms with E-state index in [0.29, 0.717) is 24.4 Å². The predicted molar refractivity (Wildman–Crippen MR) is 159 cm³/mol. The molecule has 8 nitrogen and oxygen atoms in total. The Morgan fingerprint density at radius 3 is 2.38 bits per heavy atom. The monoisotopic (exact) mass is 606 g/mol. The van der Waals surface area contributed by atoms with Crippen LogP contribution in [-0.2, 0) is 16.0 Å². The van der Waals surface area contributed by atoms with Crippen molar-refractivity contribution in [3.63, 3.8) is 0 Å².